The highest BCUT2D eigenvalue weighted by Crippen LogP contribution is 2.33. The number of hydrogen-bond acceptors (Lipinski definition) is 5. The van der Waals surface area contributed by atoms with Crippen LogP contribution in [0.25, 0.3) is 0 Å². The molecule has 0 bridgehead atoms. The molecule has 2 aliphatic rings. The van der Waals surface area contributed by atoms with E-state index in [-0.39, 0.29) is 24.0 Å². The molecule has 1 aliphatic carbocycles. The fraction of sp³-hybridized carbons (Fsp3) is 0.625. The van der Waals surface area contributed by atoms with Crippen molar-refractivity contribution in [2.75, 3.05) is 26.9 Å². The second-order valence-corrected chi connectivity index (χ2v) is 6.43. The number of rotatable bonds is 3. The Bertz CT molecular complexity index is 583. The first-order valence-corrected chi connectivity index (χ1v) is 8.26. The molecule has 6 nitrogen and oxygen atoms in total. The normalized spacial score (nSPS) is 28.0. The molecule has 0 unspecified atom stereocenters. The molecule has 1 aliphatic heterocycles. The molecule has 1 aromatic heterocycles. The van der Waals surface area contributed by atoms with Crippen LogP contribution < -0.4 is 4.74 Å². The molecule has 23 heavy (non-hydrogen) atoms. The number of ether oxygens (including phenoxy) is 2. The molecular formula is C16H21ClN2O4. The maximum absolute atomic E-state index is 12.9. The van der Waals surface area contributed by atoms with E-state index in [4.69, 9.17) is 21.1 Å². The zero-order chi connectivity index (χ0) is 16.4. The first-order valence-electron chi connectivity index (χ1n) is 7.88. The van der Waals surface area contributed by atoms with Crippen molar-refractivity contribution in [3.8, 4) is 5.88 Å². The van der Waals surface area contributed by atoms with Gasteiger partial charge in [0.15, 0.2) is 0 Å². The fourth-order valence-corrected chi connectivity index (χ4v) is 3.75. The van der Waals surface area contributed by atoms with E-state index in [0.717, 1.165) is 19.3 Å². The second kappa shape index (κ2) is 7.03. The number of carbonyl (C=O) groups is 1. The lowest BCUT2D eigenvalue weighted by molar-refractivity contribution is -0.0383. The van der Waals surface area contributed by atoms with Crippen molar-refractivity contribution in [3.05, 3.63) is 22.8 Å². The summed E-state index contributed by atoms with van der Waals surface area (Å²) in [5.41, 5.74) is 0.426. The largest absolute Gasteiger partial charge is 0.480 e. The van der Waals surface area contributed by atoms with Crippen molar-refractivity contribution in [1.29, 1.82) is 0 Å². The maximum Gasteiger partial charge on any atom is 0.255 e. The summed E-state index contributed by atoms with van der Waals surface area (Å²) in [4.78, 5) is 18.7. The zero-order valence-corrected chi connectivity index (χ0v) is 13.8. The molecule has 1 saturated carbocycles. The minimum absolute atomic E-state index is 0.0703. The monoisotopic (exact) mass is 340 g/mol. The number of carbonyl (C=O) groups excluding carboxylic acids is 1. The van der Waals surface area contributed by atoms with E-state index >= 15 is 0 Å². The van der Waals surface area contributed by atoms with Crippen LogP contribution in [-0.2, 0) is 4.74 Å². The Labute approximate surface area is 140 Å². The SMILES string of the molecule is COc1ncc(C(=O)N2CCOC[C@@H]2[C@@H]2CCC[C@@H]2O)cc1Cl. The summed E-state index contributed by atoms with van der Waals surface area (Å²) in [6, 6.07) is 1.47. The van der Waals surface area contributed by atoms with E-state index in [1.807, 2.05) is 0 Å². The quantitative estimate of drug-likeness (QED) is 0.907. The lowest BCUT2D eigenvalue weighted by Gasteiger charge is -2.40. The van der Waals surface area contributed by atoms with Crippen LogP contribution in [0.5, 0.6) is 5.88 Å². The summed E-state index contributed by atoms with van der Waals surface area (Å²) in [6.07, 6.45) is 3.81. The number of morpholine rings is 1. The molecule has 2 heterocycles. The predicted molar refractivity (Wildman–Crippen MR) is 84.8 cm³/mol. The molecule has 1 amide bonds. The molecule has 7 heteroatoms. The smallest absolute Gasteiger partial charge is 0.255 e. The first kappa shape index (κ1) is 16.5. The van der Waals surface area contributed by atoms with Crippen LogP contribution in [0, 0.1) is 5.92 Å². The van der Waals surface area contributed by atoms with Gasteiger partial charge >= 0.3 is 0 Å². The van der Waals surface area contributed by atoms with Crippen molar-refractivity contribution in [2.24, 2.45) is 5.92 Å². The van der Waals surface area contributed by atoms with Crippen molar-refractivity contribution in [3.63, 3.8) is 0 Å². The van der Waals surface area contributed by atoms with E-state index < -0.39 is 0 Å². The van der Waals surface area contributed by atoms with Gasteiger partial charge in [0.2, 0.25) is 5.88 Å². The van der Waals surface area contributed by atoms with Crippen LogP contribution in [0.15, 0.2) is 12.3 Å². The number of aliphatic hydroxyl groups is 1. The van der Waals surface area contributed by atoms with Gasteiger partial charge in [0.25, 0.3) is 5.91 Å². The summed E-state index contributed by atoms with van der Waals surface area (Å²) in [5, 5.41) is 10.5. The molecule has 1 saturated heterocycles. The Kier molecular flexibility index (Phi) is 5.04. The number of aromatic nitrogens is 1. The minimum atomic E-state index is -0.366. The van der Waals surface area contributed by atoms with Crippen molar-refractivity contribution >= 4 is 17.5 Å². The van der Waals surface area contributed by atoms with Gasteiger partial charge in [-0.2, -0.15) is 0 Å². The first-order chi connectivity index (χ1) is 11.1. The average Bonchev–Trinajstić information content (AvgIpc) is 3.00. The Morgan fingerprint density at radius 3 is 3.00 bits per heavy atom. The van der Waals surface area contributed by atoms with Gasteiger partial charge in [0.1, 0.15) is 5.02 Å². The molecule has 1 aromatic rings. The molecule has 2 fully saturated rings. The van der Waals surface area contributed by atoms with Crippen LogP contribution >= 0.6 is 11.6 Å². The Hall–Kier alpha value is -1.37. The number of methoxy groups -OCH3 is 1. The number of amides is 1. The molecule has 3 rings (SSSR count). The fourth-order valence-electron chi connectivity index (χ4n) is 3.51. The maximum atomic E-state index is 12.9. The molecule has 0 spiro atoms. The summed E-state index contributed by atoms with van der Waals surface area (Å²) in [5.74, 6) is 0.239. The van der Waals surface area contributed by atoms with Crippen LogP contribution in [0.4, 0.5) is 0 Å². The minimum Gasteiger partial charge on any atom is -0.480 e. The standard InChI is InChI=1S/C16H21ClN2O4/c1-22-15-12(17)7-10(8-18-15)16(21)19-5-6-23-9-13(19)11-3-2-4-14(11)20/h7-8,11,13-14,20H,2-6,9H2,1H3/t11-,13+,14-/m0/s1. The third-order valence-electron chi connectivity index (χ3n) is 4.70. The highest BCUT2D eigenvalue weighted by Gasteiger charge is 2.39. The van der Waals surface area contributed by atoms with E-state index in [9.17, 15) is 9.90 Å². The van der Waals surface area contributed by atoms with Gasteiger partial charge in [-0.1, -0.05) is 18.0 Å². The summed E-state index contributed by atoms with van der Waals surface area (Å²) < 4.78 is 10.6. The van der Waals surface area contributed by atoms with Crippen LogP contribution in [0.1, 0.15) is 29.6 Å². The van der Waals surface area contributed by atoms with E-state index in [1.54, 1.807) is 11.0 Å². The van der Waals surface area contributed by atoms with Gasteiger partial charge in [-0.25, -0.2) is 4.98 Å². The lowest BCUT2D eigenvalue weighted by Crippen LogP contribution is -2.53. The van der Waals surface area contributed by atoms with Crippen LogP contribution in [0.2, 0.25) is 5.02 Å². The second-order valence-electron chi connectivity index (χ2n) is 6.02. The van der Waals surface area contributed by atoms with E-state index in [1.165, 1.54) is 13.3 Å². The van der Waals surface area contributed by atoms with Gasteiger partial charge in [0.05, 0.1) is 38.0 Å². The van der Waals surface area contributed by atoms with Crippen LogP contribution in [-0.4, -0.2) is 59.9 Å². The van der Waals surface area contributed by atoms with Crippen LogP contribution in [0.3, 0.4) is 0 Å². The van der Waals surface area contributed by atoms with Gasteiger partial charge in [-0.15, -0.1) is 0 Å². The average molecular weight is 341 g/mol. The molecule has 3 atom stereocenters. The summed E-state index contributed by atoms with van der Waals surface area (Å²) >= 11 is 6.08. The highest BCUT2D eigenvalue weighted by atomic mass is 35.5. The predicted octanol–water partition coefficient (Wildman–Crippen LogP) is 1.75. The van der Waals surface area contributed by atoms with Crippen molar-refractivity contribution in [2.45, 2.75) is 31.4 Å². The summed E-state index contributed by atoms with van der Waals surface area (Å²) in [7, 11) is 1.48. The Morgan fingerprint density at radius 1 is 1.52 bits per heavy atom. The third kappa shape index (κ3) is 3.29. The van der Waals surface area contributed by atoms with Gasteiger partial charge in [-0.3, -0.25) is 4.79 Å². The molecule has 126 valence electrons. The molecular weight excluding hydrogens is 320 g/mol. The van der Waals surface area contributed by atoms with Gasteiger partial charge in [-0.05, 0) is 18.9 Å². The van der Waals surface area contributed by atoms with E-state index in [0.29, 0.717) is 36.2 Å². The Balaban J connectivity index is 1.82. The number of hydrogen-bond donors (Lipinski definition) is 1. The lowest BCUT2D eigenvalue weighted by atomic mass is 9.94. The highest BCUT2D eigenvalue weighted by molar-refractivity contribution is 6.32. The number of nitrogens with zero attached hydrogens (tertiary/aromatic N) is 2. The molecule has 0 aromatic carbocycles. The van der Waals surface area contributed by atoms with Gasteiger partial charge in [0, 0.05) is 18.7 Å². The Morgan fingerprint density at radius 2 is 2.35 bits per heavy atom. The number of pyridine rings is 1. The van der Waals surface area contributed by atoms with E-state index in [2.05, 4.69) is 4.98 Å². The zero-order valence-electron chi connectivity index (χ0n) is 13.1. The molecule has 0 radical (unpaired) electrons. The molecule has 1 N–H and O–H groups in total. The van der Waals surface area contributed by atoms with Gasteiger partial charge < -0.3 is 19.5 Å². The number of halogens is 1. The topological polar surface area (TPSA) is 71.9 Å². The van der Waals surface area contributed by atoms with Crippen molar-refractivity contribution < 1.29 is 19.4 Å². The number of aliphatic hydroxyl groups excluding tert-OH is 1. The summed E-state index contributed by atoms with van der Waals surface area (Å²) in [6.45, 7) is 1.48. The van der Waals surface area contributed by atoms with Crippen molar-refractivity contribution in [1.82, 2.24) is 9.88 Å². The third-order valence-corrected chi connectivity index (χ3v) is 4.97.